The van der Waals surface area contributed by atoms with Crippen LogP contribution in [0.1, 0.15) is 31.4 Å². The summed E-state index contributed by atoms with van der Waals surface area (Å²) in [6.07, 6.45) is 3.26. The fourth-order valence-electron chi connectivity index (χ4n) is 1.77. The molecule has 1 atom stereocenters. The minimum atomic E-state index is -0.805. The molecule has 2 heterocycles. The van der Waals surface area contributed by atoms with Crippen molar-refractivity contribution in [1.29, 1.82) is 0 Å². The summed E-state index contributed by atoms with van der Waals surface area (Å²) in [5, 5.41) is 8.58. The van der Waals surface area contributed by atoms with Gasteiger partial charge in [-0.2, -0.15) is 11.8 Å². The second-order valence-electron chi connectivity index (χ2n) is 4.39. The Morgan fingerprint density at radius 3 is 3.19 bits per heavy atom. The average Bonchev–Trinajstić information content (AvgIpc) is 2.84. The molecule has 1 saturated heterocycles. The molecule has 1 aromatic heterocycles. The Balaban J connectivity index is 2.04. The lowest BCUT2D eigenvalue weighted by molar-refractivity contribution is -0.137. The Morgan fingerprint density at radius 1 is 1.75 bits per heavy atom. The van der Waals surface area contributed by atoms with Crippen LogP contribution in [0.2, 0.25) is 0 Å². The van der Waals surface area contributed by atoms with Gasteiger partial charge in [0.25, 0.3) is 0 Å². The van der Waals surface area contributed by atoms with Gasteiger partial charge in [0.05, 0.1) is 18.0 Å². The van der Waals surface area contributed by atoms with Crippen LogP contribution in [0.3, 0.4) is 0 Å². The third-order valence-electron chi connectivity index (χ3n) is 2.87. The van der Waals surface area contributed by atoms with Gasteiger partial charge < -0.3 is 9.52 Å². The van der Waals surface area contributed by atoms with Crippen LogP contribution in [0.25, 0.3) is 0 Å². The van der Waals surface area contributed by atoms with Gasteiger partial charge in [0.1, 0.15) is 5.76 Å². The van der Waals surface area contributed by atoms with Crippen LogP contribution in [-0.2, 0) is 16.6 Å². The van der Waals surface area contributed by atoms with E-state index in [0.29, 0.717) is 12.2 Å². The van der Waals surface area contributed by atoms with E-state index >= 15 is 0 Å². The van der Waals surface area contributed by atoms with Gasteiger partial charge in [-0.3, -0.25) is 4.79 Å². The molecule has 0 spiro atoms. The van der Waals surface area contributed by atoms with E-state index in [0.717, 1.165) is 23.8 Å². The van der Waals surface area contributed by atoms with Crippen LogP contribution in [-0.4, -0.2) is 27.6 Å². The van der Waals surface area contributed by atoms with E-state index in [4.69, 9.17) is 9.52 Å². The van der Waals surface area contributed by atoms with Crippen molar-refractivity contribution in [2.24, 2.45) is 0 Å². The number of aromatic nitrogens is 1. The monoisotopic (exact) mass is 241 g/mol. The van der Waals surface area contributed by atoms with E-state index in [1.165, 1.54) is 0 Å². The molecule has 0 radical (unpaired) electrons. The highest BCUT2D eigenvalue weighted by molar-refractivity contribution is 7.99. The van der Waals surface area contributed by atoms with Gasteiger partial charge in [-0.15, -0.1) is 0 Å². The summed E-state index contributed by atoms with van der Waals surface area (Å²) in [5.74, 6) is 2.81. The fourth-order valence-corrected chi connectivity index (χ4v) is 3.23. The predicted octanol–water partition coefficient (Wildman–Crippen LogP) is 2.09. The number of carboxylic acid groups (broad SMARTS) is 1. The number of hydrogen-bond donors (Lipinski definition) is 1. The smallest absolute Gasteiger partial charge is 0.303 e. The predicted molar refractivity (Wildman–Crippen MR) is 61.8 cm³/mol. The molecule has 0 bridgehead atoms. The summed E-state index contributed by atoms with van der Waals surface area (Å²) >= 11 is 1.91. The van der Waals surface area contributed by atoms with Gasteiger partial charge >= 0.3 is 5.97 Å². The second-order valence-corrected chi connectivity index (χ2v) is 5.49. The summed E-state index contributed by atoms with van der Waals surface area (Å²) in [4.78, 5) is 14.7. The maximum absolute atomic E-state index is 10.4. The molecule has 1 N–H and O–H groups in total. The van der Waals surface area contributed by atoms with Crippen molar-refractivity contribution in [1.82, 2.24) is 4.98 Å². The van der Waals surface area contributed by atoms with Crippen LogP contribution >= 0.6 is 11.8 Å². The van der Waals surface area contributed by atoms with E-state index in [2.05, 4.69) is 11.9 Å². The van der Waals surface area contributed by atoms with E-state index < -0.39 is 5.97 Å². The molecule has 5 heteroatoms. The van der Waals surface area contributed by atoms with Crippen molar-refractivity contribution in [3.8, 4) is 0 Å². The van der Waals surface area contributed by atoms with E-state index in [-0.39, 0.29) is 11.8 Å². The number of thioether (sulfide) groups is 1. The summed E-state index contributed by atoms with van der Waals surface area (Å²) in [5.41, 5.74) is 0.0339. The van der Waals surface area contributed by atoms with E-state index in [1.807, 2.05) is 11.8 Å². The summed E-state index contributed by atoms with van der Waals surface area (Å²) in [7, 11) is 0. The molecule has 1 unspecified atom stereocenters. The highest BCUT2D eigenvalue weighted by atomic mass is 32.2. The first-order chi connectivity index (χ1) is 7.60. The molecule has 1 aromatic rings. The molecule has 0 aromatic carbocycles. The quantitative estimate of drug-likeness (QED) is 0.874. The van der Waals surface area contributed by atoms with Crippen LogP contribution < -0.4 is 0 Å². The number of aliphatic carboxylic acids is 1. The number of nitrogens with zero attached hydrogens (tertiary/aromatic N) is 1. The van der Waals surface area contributed by atoms with Crippen molar-refractivity contribution in [2.75, 3.05) is 11.5 Å². The normalized spacial score (nSPS) is 24.8. The molecule has 1 fully saturated rings. The average molecular weight is 241 g/mol. The molecule has 1 aliphatic heterocycles. The van der Waals surface area contributed by atoms with Crippen LogP contribution in [0.4, 0.5) is 0 Å². The molecular weight excluding hydrogens is 226 g/mol. The van der Waals surface area contributed by atoms with Gasteiger partial charge in [-0.05, 0) is 12.2 Å². The van der Waals surface area contributed by atoms with Gasteiger partial charge in [0, 0.05) is 12.2 Å². The van der Waals surface area contributed by atoms with E-state index in [9.17, 15) is 4.79 Å². The first kappa shape index (κ1) is 11.5. The molecule has 1 aliphatic rings. The number of hydrogen-bond acceptors (Lipinski definition) is 4. The number of carbonyl (C=O) groups is 1. The number of oxazole rings is 1. The molecule has 88 valence electrons. The largest absolute Gasteiger partial charge is 0.481 e. The minimum Gasteiger partial charge on any atom is -0.481 e. The van der Waals surface area contributed by atoms with E-state index in [1.54, 1.807) is 6.20 Å². The summed E-state index contributed by atoms with van der Waals surface area (Å²) in [6.45, 7) is 2.15. The Hall–Kier alpha value is -0.970. The first-order valence-electron chi connectivity index (χ1n) is 5.35. The van der Waals surface area contributed by atoms with Crippen molar-refractivity contribution in [3.05, 3.63) is 17.8 Å². The van der Waals surface area contributed by atoms with Crippen LogP contribution in [0, 0.1) is 0 Å². The topological polar surface area (TPSA) is 63.3 Å². The third-order valence-corrected chi connectivity index (χ3v) is 4.21. The summed E-state index contributed by atoms with van der Waals surface area (Å²) < 4.78 is 5.63. The highest BCUT2D eigenvalue weighted by Gasteiger charge is 2.35. The number of carboxylic acids is 1. The molecule has 0 aliphatic carbocycles. The first-order valence-corrected chi connectivity index (χ1v) is 6.50. The molecule has 16 heavy (non-hydrogen) atoms. The molecular formula is C11H15NO3S. The molecule has 0 saturated carbocycles. The summed E-state index contributed by atoms with van der Waals surface area (Å²) in [6, 6.07) is 0. The highest BCUT2D eigenvalue weighted by Crippen LogP contribution is 2.38. The number of rotatable bonds is 4. The van der Waals surface area contributed by atoms with Crippen molar-refractivity contribution >= 4 is 17.7 Å². The lowest BCUT2D eigenvalue weighted by atomic mass is 9.90. The second kappa shape index (κ2) is 4.49. The lowest BCUT2D eigenvalue weighted by Gasteiger charge is -2.17. The Morgan fingerprint density at radius 2 is 2.56 bits per heavy atom. The Labute approximate surface area is 98.4 Å². The Bertz CT molecular complexity index is 382. The third kappa shape index (κ3) is 2.40. The zero-order chi connectivity index (χ0) is 11.6. The van der Waals surface area contributed by atoms with Gasteiger partial charge in [-0.1, -0.05) is 6.92 Å². The van der Waals surface area contributed by atoms with Crippen molar-refractivity contribution in [2.45, 2.75) is 31.6 Å². The van der Waals surface area contributed by atoms with Gasteiger partial charge in [0.15, 0.2) is 0 Å². The maximum Gasteiger partial charge on any atom is 0.303 e. The lowest BCUT2D eigenvalue weighted by Crippen LogP contribution is -2.21. The van der Waals surface area contributed by atoms with Crippen molar-refractivity contribution in [3.63, 3.8) is 0 Å². The van der Waals surface area contributed by atoms with Crippen LogP contribution in [0.15, 0.2) is 10.6 Å². The Kier molecular flexibility index (Phi) is 3.23. The fraction of sp³-hybridized carbons (Fsp3) is 0.636. The van der Waals surface area contributed by atoms with Crippen LogP contribution in [0.5, 0.6) is 0 Å². The van der Waals surface area contributed by atoms with Gasteiger partial charge in [0.2, 0.25) is 5.89 Å². The van der Waals surface area contributed by atoms with Gasteiger partial charge in [-0.25, -0.2) is 4.98 Å². The molecule has 0 amide bonds. The zero-order valence-corrected chi connectivity index (χ0v) is 10.0. The number of aryl methyl sites for hydroxylation is 1. The SMILES string of the molecule is CC1(c2ncc(CCC(=O)O)o2)CCSC1. The molecule has 4 nitrogen and oxygen atoms in total. The maximum atomic E-state index is 10.4. The standard InChI is InChI=1S/C11H15NO3S/c1-11(4-5-16-7-11)10-12-6-8(15-10)2-3-9(13)14/h6H,2-5,7H2,1H3,(H,13,14). The molecule has 2 rings (SSSR count). The zero-order valence-electron chi connectivity index (χ0n) is 9.23. The minimum absolute atomic E-state index is 0.0339. The van der Waals surface area contributed by atoms with Crippen molar-refractivity contribution < 1.29 is 14.3 Å².